The van der Waals surface area contributed by atoms with Crippen LogP contribution in [0.2, 0.25) is 0 Å². The molecule has 2 N–H and O–H groups in total. The lowest BCUT2D eigenvalue weighted by atomic mass is 9.76. The van der Waals surface area contributed by atoms with Gasteiger partial charge in [-0.15, -0.1) is 0 Å². The van der Waals surface area contributed by atoms with Gasteiger partial charge in [0.15, 0.2) is 5.60 Å². The second-order valence-electron chi connectivity index (χ2n) is 17.0. The third-order valence-electron chi connectivity index (χ3n) is 13.0. The first-order chi connectivity index (χ1) is 33.1. The maximum atomic E-state index is 15.9. The van der Waals surface area contributed by atoms with Crippen molar-refractivity contribution in [3.05, 3.63) is 323 Å². The van der Waals surface area contributed by atoms with E-state index in [-0.39, 0.29) is 5.97 Å². The zero-order valence-electron chi connectivity index (χ0n) is 37.7. The highest BCUT2D eigenvalue weighted by Crippen LogP contribution is 2.43. The third kappa shape index (κ3) is 9.28. The van der Waals surface area contributed by atoms with Crippen molar-refractivity contribution in [3.63, 3.8) is 0 Å². The van der Waals surface area contributed by atoms with Crippen molar-refractivity contribution in [1.29, 1.82) is 0 Å². The predicted molar refractivity (Wildman–Crippen MR) is 272 cm³/mol. The maximum absolute atomic E-state index is 15.9. The molecule has 0 aromatic heterocycles. The number of rotatable bonds is 19. The van der Waals surface area contributed by atoms with Crippen LogP contribution < -0.4 is 10.6 Å². The van der Waals surface area contributed by atoms with Crippen LogP contribution in [0.5, 0.6) is 0 Å². The summed E-state index contributed by atoms with van der Waals surface area (Å²) in [5.41, 5.74) is 6.34. The molecule has 0 amide bonds. The number of carbonyl (C=O) groups excluding carboxylic acids is 1. The van der Waals surface area contributed by atoms with Crippen LogP contribution in [-0.4, -0.2) is 18.6 Å². The maximum Gasteiger partial charge on any atom is 0.324 e. The normalized spacial score (nSPS) is 12.2. The Morgan fingerprint density at radius 2 is 0.597 bits per heavy atom. The Kier molecular flexibility index (Phi) is 14.0. The minimum absolute atomic E-state index is 0.344. The number of benzene rings is 9. The van der Waals surface area contributed by atoms with Crippen molar-refractivity contribution >= 4 is 5.97 Å². The van der Waals surface area contributed by atoms with Crippen molar-refractivity contribution in [1.82, 2.24) is 10.6 Å². The summed E-state index contributed by atoms with van der Waals surface area (Å²) in [5, 5.41) is 8.16. The lowest BCUT2D eigenvalue weighted by Crippen LogP contribution is -2.54. The molecule has 0 aliphatic rings. The van der Waals surface area contributed by atoms with Crippen LogP contribution in [0, 0.1) is 0 Å². The molecular formula is C63H56N2O2. The number of esters is 1. The summed E-state index contributed by atoms with van der Waals surface area (Å²) in [5.74, 6) is -0.344. The van der Waals surface area contributed by atoms with Gasteiger partial charge in [0, 0.05) is 16.7 Å². The summed E-state index contributed by atoms with van der Waals surface area (Å²) in [7, 11) is 0. The Morgan fingerprint density at radius 3 is 0.881 bits per heavy atom. The topological polar surface area (TPSA) is 50.4 Å². The van der Waals surface area contributed by atoms with E-state index in [0.29, 0.717) is 13.0 Å². The van der Waals surface area contributed by atoms with Gasteiger partial charge in [-0.2, -0.15) is 0 Å². The van der Waals surface area contributed by atoms with Crippen LogP contribution in [0.4, 0.5) is 0 Å². The molecule has 0 bridgehead atoms. The summed E-state index contributed by atoms with van der Waals surface area (Å²) >= 11 is 0. The molecule has 4 heteroatoms. The molecule has 0 aliphatic heterocycles. The van der Waals surface area contributed by atoms with Crippen LogP contribution in [-0.2, 0) is 26.2 Å². The van der Waals surface area contributed by atoms with E-state index in [1.807, 2.05) is 72.8 Å². The van der Waals surface area contributed by atoms with Crippen LogP contribution in [0.25, 0.3) is 0 Å². The molecule has 0 radical (unpaired) electrons. The van der Waals surface area contributed by atoms with Crippen LogP contribution >= 0.6 is 0 Å². The molecule has 67 heavy (non-hydrogen) atoms. The molecule has 4 nitrogen and oxygen atoms in total. The fraction of sp³-hybridized carbons (Fsp3) is 0.127. The standard InChI is InChI=1S/C63H56N2O2/c66-60(67-63(56-42-22-7-23-43-56,57-44-24-8-25-45-57)58-46-26-9-27-47-58)59(65-62(53-36-16-4-17-37-53,54-38-18-5-19-39-54)55-40-20-6-21-41-55)48-28-29-49-64-61(50-30-10-1-11-31-50,51-32-12-2-13-33-51)52-34-14-3-15-35-52/h1-27,30-47,59,64-65H,28-29,48-49H2. The highest BCUT2D eigenvalue weighted by atomic mass is 16.6. The van der Waals surface area contributed by atoms with Crippen LogP contribution in [0.1, 0.15) is 69.3 Å². The van der Waals surface area contributed by atoms with E-state index in [2.05, 4.69) is 211 Å². The van der Waals surface area contributed by atoms with Gasteiger partial charge < -0.3 is 4.74 Å². The molecular weight excluding hydrogens is 817 g/mol. The van der Waals surface area contributed by atoms with Gasteiger partial charge >= 0.3 is 5.97 Å². The highest BCUT2D eigenvalue weighted by molar-refractivity contribution is 5.78. The molecule has 0 aliphatic carbocycles. The van der Waals surface area contributed by atoms with E-state index < -0.39 is 22.7 Å². The minimum atomic E-state index is -1.25. The van der Waals surface area contributed by atoms with Crippen molar-refractivity contribution in [3.8, 4) is 0 Å². The van der Waals surface area contributed by atoms with Crippen molar-refractivity contribution in [2.45, 2.75) is 42.0 Å². The zero-order valence-corrected chi connectivity index (χ0v) is 37.7. The largest absolute Gasteiger partial charge is 0.443 e. The van der Waals surface area contributed by atoms with Gasteiger partial charge in [0.05, 0.1) is 11.1 Å². The van der Waals surface area contributed by atoms with Crippen LogP contribution in [0.15, 0.2) is 273 Å². The number of ether oxygens (including phenoxy) is 1. The average Bonchev–Trinajstić information content (AvgIpc) is 3.42. The summed E-state index contributed by atoms with van der Waals surface area (Å²) < 4.78 is 7.28. The molecule has 330 valence electrons. The number of hydrogen-bond acceptors (Lipinski definition) is 4. The van der Waals surface area contributed by atoms with Gasteiger partial charge in [-0.05, 0) is 52.8 Å². The first-order valence-electron chi connectivity index (χ1n) is 23.4. The van der Waals surface area contributed by atoms with E-state index in [1.165, 1.54) is 0 Å². The summed E-state index contributed by atoms with van der Waals surface area (Å²) in [6, 6.07) is 93.2. The van der Waals surface area contributed by atoms with Crippen molar-refractivity contribution < 1.29 is 9.53 Å². The quantitative estimate of drug-likeness (QED) is 0.0483. The lowest BCUT2D eigenvalue weighted by Gasteiger charge is -2.41. The lowest BCUT2D eigenvalue weighted by molar-refractivity contribution is -0.157. The smallest absolute Gasteiger partial charge is 0.324 e. The fourth-order valence-corrected chi connectivity index (χ4v) is 9.86. The SMILES string of the molecule is O=C(OC(c1ccccc1)(c1ccccc1)c1ccccc1)C(CCCCNC(c1ccccc1)(c1ccccc1)c1ccccc1)NC(c1ccccc1)(c1ccccc1)c1ccccc1. The number of unbranched alkanes of at least 4 members (excludes halogenated alkanes) is 1. The molecule has 0 fully saturated rings. The Bertz CT molecular complexity index is 2580. The number of carbonyl (C=O) groups is 1. The molecule has 0 spiro atoms. The first kappa shape index (κ1) is 44.6. The van der Waals surface area contributed by atoms with Crippen LogP contribution in [0.3, 0.4) is 0 Å². The van der Waals surface area contributed by atoms with Crippen molar-refractivity contribution in [2.24, 2.45) is 0 Å². The minimum Gasteiger partial charge on any atom is -0.443 e. The Labute approximate surface area is 396 Å². The van der Waals surface area contributed by atoms with E-state index in [0.717, 1.165) is 62.9 Å². The first-order valence-corrected chi connectivity index (χ1v) is 23.4. The molecule has 1 unspecified atom stereocenters. The van der Waals surface area contributed by atoms with E-state index in [9.17, 15) is 0 Å². The number of nitrogens with one attached hydrogen (secondary N) is 2. The Morgan fingerprint density at radius 1 is 0.343 bits per heavy atom. The molecule has 9 rings (SSSR count). The molecule has 9 aromatic carbocycles. The van der Waals surface area contributed by atoms with Crippen molar-refractivity contribution in [2.75, 3.05) is 6.54 Å². The summed E-state index contributed by atoms with van der Waals surface area (Å²) in [6.45, 7) is 0.684. The second-order valence-corrected chi connectivity index (χ2v) is 17.0. The van der Waals surface area contributed by atoms with Gasteiger partial charge in [0.1, 0.15) is 6.04 Å². The molecule has 0 saturated heterocycles. The molecule has 0 heterocycles. The zero-order chi connectivity index (χ0) is 45.6. The number of hydrogen-bond donors (Lipinski definition) is 2. The van der Waals surface area contributed by atoms with Gasteiger partial charge in [-0.25, -0.2) is 0 Å². The fourth-order valence-electron chi connectivity index (χ4n) is 9.86. The van der Waals surface area contributed by atoms with Gasteiger partial charge in [0.2, 0.25) is 0 Å². The Balaban J connectivity index is 1.13. The van der Waals surface area contributed by atoms with Gasteiger partial charge in [0.25, 0.3) is 0 Å². The molecule has 0 saturated carbocycles. The molecule has 1 atom stereocenters. The van der Waals surface area contributed by atoms with Gasteiger partial charge in [-0.1, -0.05) is 279 Å². The van der Waals surface area contributed by atoms with E-state index in [4.69, 9.17) is 4.74 Å². The molecule has 9 aromatic rings. The van der Waals surface area contributed by atoms with Gasteiger partial charge in [-0.3, -0.25) is 15.4 Å². The summed E-state index contributed by atoms with van der Waals surface area (Å²) in [6.07, 6.45) is 2.01. The Hall–Kier alpha value is -7.63. The predicted octanol–water partition coefficient (Wildman–Crippen LogP) is 13.2. The monoisotopic (exact) mass is 872 g/mol. The highest BCUT2D eigenvalue weighted by Gasteiger charge is 2.45. The third-order valence-corrected chi connectivity index (χ3v) is 13.0. The average molecular weight is 873 g/mol. The summed E-state index contributed by atoms with van der Waals surface area (Å²) in [4.78, 5) is 15.9. The van der Waals surface area contributed by atoms with E-state index in [1.54, 1.807) is 0 Å². The van der Waals surface area contributed by atoms with E-state index >= 15 is 4.79 Å². The second kappa shape index (κ2) is 21.1.